The molecule has 128 valence electrons. The second kappa shape index (κ2) is 7.93. The fraction of sp³-hybridized carbons (Fsp3) is 0.429. The Hall–Kier alpha value is -1.68. The fourth-order valence-electron chi connectivity index (χ4n) is 3.91. The molecular formula is C21H27NO2. The molecule has 2 aromatic carbocycles. The summed E-state index contributed by atoms with van der Waals surface area (Å²) in [4.78, 5) is 2.45. The first kappa shape index (κ1) is 17.2. The van der Waals surface area contributed by atoms with E-state index in [-0.39, 0.29) is 24.2 Å². The van der Waals surface area contributed by atoms with E-state index < -0.39 is 0 Å². The Bertz CT molecular complexity index is 563. The molecule has 0 radical (unpaired) electrons. The minimum absolute atomic E-state index is 0.0389. The smallest absolute Gasteiger partial charge is 0.0873 e. The molecule has 2 aromatic rings. The van der Waals surface area contributed by atoms with Crippen molar-refractivity contribution in [1.29, 1.82) is 0 Å². The quantitative estimate of drug-likeness (QED) is 0.844. The first-order valence-electron chi connectivity index (χ1n) is 8.82. The van der Waals surface area contributed by atoms with Crippen molar-refractivity contribution in [3.05, 3.63) is 71.8 Å². The Morgan fingerprint density at radius 3 is 1.96 bits per heavy atom. The third kappa shape index (κ3) is 3.25. The van der Waals surface area contributed by atoms with Crippen molar-refractivity contribution in [3.63, 3.8) is 0 Å². The van der Waals surface area contributed by atoms with E-state index in [2.05, 4.69) is 60.4 Å². The van der Waals surface area contributed by atoms with Gasteiger partial charge in [0, 0.05) is 13.2 Å². The standard InChI is InChI=1S/C21H27NO2/c1-3-10-18-21(23)19(15-24-2)22(18)20(16-11-6-4-7-12-16)17-13-8-5-9-14-17/h4-9,11-14,18-21,23H,3,10,15H2,1-2H3/t18-,19+,21+/m0/s1. The van der Waals surface area contributed by atoms with Gasteiger partial charge in [0.25, 0.3) is 0 Å². The first-order chi connectivity index (χ1) is 11.8. The van der Waals surface area contributed by atoms with Crippen molar-refractivity contribution in [2.45, 2.75) is 44.0 Å². The van der Waals surface area contributed by atoms with Crippen LogP contribution in [0, 0.1) is 0 Å². The molecule has 0 aromatic heterocycles. The summed E-state index contributed by atoms with van der Waals surface area (Å²) in [6.45, 7) is 2.73. The van der Waals surface area contributed by atoms with Gasteiger partial charge in [-0.3, -0.25) is 4.90 Å². The van der Waals surface area contributed by atoms with Crippen molar-refractivity contribution in [1.82, 2.24) is 4.90 Å². The van der Waals surface area contributed by atoms with Crippen LogP contribution in [0.25, 0.3) is 0 Å². The summed E-state index contributed by atoms with van der Waals surface area (Å²) >= 11 is 0. The van der Waals surface area contributed by atoms with Gasteiger partial charge in [-0.2, -0.15) is 0 Å². The van der Waals surface area contributed by atoms with Crippen molar-refractivity contribution in [2.24, 2.45) is 0 Å². The van der Waals surface area contributed by atoms with E-state index in [4.69, 9.17) is 4.74 Å². The maximum atomic E-state index is 10.6. The Kier molecular flexibility index (Phi) is 5.67. The van der Waals surface area contributed by atoms with Crippen LogP contribution < -0.4 is 0 Å². The van der Waals surface area contributed by atoms with E-state index >= 15 is 0 Å². The number of ether oxygens (including phenoxy) is 1. The minimum Gasteiger partial charge on any atom is -0.390 e. The number of methoxy groups -OCH3 is 1. The summed E-state index contributed by atoms with van der Waals surface area (Å²) in [7, 11) is 1.71. The zero-order valence-electron chi connectivity index (χ0n) is 14.5. The number of hydrogen-bond acceptors (Lipinski definition) is 3. The van der Waals surface area contributed by atoms with E-state index in [1.54, 1.807) is 7.11 Å². The topological polar surface area (TPSA) is 32.7 Å². The van der Waals surface area contributed by atoms with Gasteiger partial charge >= 0.3 is 0 Å². The number of benzene rings is 2. The molecule has 24 heavy (non-hydrogen) atoms. The molecule has 0 spiro atoms. The molecule has 1 heterocycles. The van der Waals surface area contributed by atoms with Gasteiger partial charge in [0.15, 0.2) is 0 Å². The zero-order chi connectivity index (χ0) is 16.9. The highest BCUT2D eigenvalue weighted by atomic mass is 16.5. The molecule has 1 N–H and O–H groups in total. The number of nitrogens with zero attached hydrogens (tertiary/aromatic N) is 1. The lowest BCUT2D eigenvalue weighted by Gasteiger charge is -2.56. The van der Waals surface area contributed by atoms with Gasteiger partial charge < -0.3 is 9.84 Å². The van der Waals surface area contributed by atoms with Crippen LogP contribution in [0.1, 0.15) is 36.9 Å². The van der Waals surface area contributed by atoms with Crippen molar-refractivity contribution >= 4 is 0 Å². The predicted molar refractivity (Wildman–Crippen MR) is 96.9 cm³/mol. The second-order valence-corrected chi connectivity index (χ2v) is 6.54. The van der Waals surface area contributed by atoms with Crippen LogP contribution in [0.2, 0.25) is 0 Å². The highest BCUT2D eigenvalue weighted by Gasteiger charge is 2.50. The molecule has 1 fully saturated rings. The summed E-state index contributed by atoms with van der Waals surface area (Å²) in [5, 5.41) is 10.6. The average Bonchev–Trinajstić information content (AvgIpc) is 2.64. The molecule has 1 saturated heterocycles. The van der Waals surface area contributed by atoms with Gasteiger partial charge in [0.05, 0.1) is 24.8 Å². The molecule has 3 heteroatoms. The van der Waals surface area contributed by atoms with Crippen LogP contribution in [0.3, 0.4) is 0 Å². The lowest BCUT2D eigenvalue weighted by atomic mass is 9.81. The number of rotatable bonds is 7. The zero-order valence-corrected chi connectivity index (χ0v) is 14.5. The number of likely N-dealkylation sites (tertiary alicyclic amines) is 1. The molecule has 1 aliphatic rings. The van der Waals surface area contributed by atoms with Crippen LogP contribution >= 0.6 is 0 Å². The highest BCUT2D eigenvalue weighted by Crippen LogP contribution is 2.41. The highest BCUT2D eigenvalue weighted by molar-refractivity contribution is 5.33. The Labute approximate surface area is 144 Å². The molecule has 1 aliphatic heterocycles. The summed E-state index contributed by atoms with van der Waals surface area (Å²) < 4.78 is 5.39. The number of aliphatic hydroxyl groups excluding tert-OH is 1. The van der Waals surface area contributed by atoms with E-state index in [0.717, 1.165) is 12.8 Å². The lowest BCUT2D eigenvalue weighted by molar-refractivity contribution is -0.155. The van der Waals surface area contributed by atoms with E-state index in [0.29, 0.717) is 6.61 Å². The average molecular weight is 325 g/mol. The molecule has 0 aliphatic carbocycles. The number of aliphatic hydroxyl groups is 1. The van der Waals surface area contributed by atoms with E-state index in [1.165, 1.54) is 11.1 Å². The summed E-state index contributed by atoms with van der Waals surface area (Å²) in [6.07, 6.45) is 1.74. The van der Waals surface area contributed by atoms with E-state index in [1.807, 2.05) is 12.1 Å². The third-order valence-corrected chi connectivity index (χ3v) is 5.00. The van der Waals surface area contributed by atoms with Gasteiger partial charge in [-0.05, 0) is 17.5 Å². The molecule has 3 atom stereocenters. The van der Waals surface area contributed by atoms with Crippen molar-refractivity contribution in [2.75, 3.05) is 13.7 Å². The Morgan fingerprint density at radius 2 is 1.50 bits per heavy atom. The maximum Gasteiger partial charge on any atom is 0.0873 e. The summed E-state index contributed by atoms with van der Waals surface area (Å²) in [5.41, 5.74) is 2.52. The Balaban J connectivity index is 2.00. The van der Waals surface area contributed by atoms with Crippen LogP contribution in [-0.4, -0.2) is 41.9 Å². The fourth-order valence-corrected chi connectivity index (χ4v) is 3.91. The molecule has 0 saturated carbocycles. The third-order valence-electron chi connectivity index (χ3n) is 5.00. The maximum absolute atomic E-state index is 10.6. The van der Waals surface area contributed by atoms with Gasteiger partial charge in [-0.15, -0.1) is 0 Å². The van der Waals surface area contributed by atoms with Gasteiger partial charge in [-0.1, -0.05) is 74.0 Å². The van der Waals surface area contributed by atoms with Crippen LogP contribution in [0.4, 0.5) is 0 Å². The Morgan fingerprint density at radius 1 is 0.958 bits per heavy atom. The minimum atomic E-state index is -0.320. The van der Waals surface area contributed by atoms with Crippen molar-refractivity contribution in [3.8, 4) is 0 Å². The van der Waals surface area contributed by atoms with Gasteiger partial charge in [-0.25, -0.2) is 0 Å². The molecule has 0 unspecified atom stereocenters. The monoisotopic (exact) mass is 325 g/mol. The van der Waals surface area contributed by atoms with Crippen LogP contribution in [0.5, 0.6) is 0 Å². The van der Waals surface area contributed by atoms with Crippen LogP contribution in [0.15, 0.2) is 60.7 Å². The first-order valence-corrected chi connectivity index (χ1v) is 8.82. The molecule has 0 bridgehead atoms. The number of hydrogen-bond donors (Lipinski definition) is 1. The largest absolute Gasteiger partial charge is 0.390 e. The summed E-state index contributed by atoms with van der Waals surface area (Å²) in [5.74, 6) is 0. The van der Waals surface area contributed by atoms with Gasteiger partial charge in [0.2, 0.25) is 0 Å². The molecular weight excluding hydrogens is 298 g/mol. The molecule has 3 nitrogen and oxygen atoms in total. The molecule has 0 amide bonds. The predicted octanol–water partition coefficient (Wildman–Crippen LogP) is 3.64. The van der Waals surface area contributed by atoms with Crippen molar-refractivity contribution < 1.29 is 9.84 Å². The second-order valence-electron chi connectivity index (χ2n) is 6.54. The van der Waals surface area contributed by atoms with Gasteiger partial charge in [0.1, 0.15) is 0 Å². The van der Waals surface area contributed by atoms with Crippen LogP contribution in [-0.2, 0) is 4.74 Å². The summed E-state index contributed by atoms with van der Waals surface area (Å²) in [6, 6.07) is 21.5. The van der Waals surface area contributed by atoms with E-state index in [9.17, 15) is 5.11 Å². The molecule has 3 rings (SSSR count). The normalized spacial score (nSPS) is 24.1. The lowest BCUT2D eigenvalue weighted by Crippen LogP contribution is -2.69. The SMILES string of the molecule is CCC[C@H]1[C@@H](O)[C@@H](COC)N1C(c1ccccc1)c1ccccc1.